The van der Waals surface area contributed by atoms with Crippen molar-refractivity contribution in [1.82, 2.24) is 0 Å². The van der Waals surface area contributed by atoms with E-state index in [0.717, 1.165) is 11.9 Å². The van der Waals surface area contributed by atoms with Crippen molar-refractivity contribution < 1.29 is 4.57 Å². The Bertz CT molecular complexity index is 269. The van der Waals surface area contributed by atoms with Gasteiger partial charge in [-0.2, -0.15) is 0 Å². The number of pyridine rings is 1. The van der Waals surface area contributed by atoms with Gasteiger partial charge in [-0.25, -0.2) is 4.57 Å². The summed E-state index contributed by atoms with van der Waals surface area (Å²) in [5.41, 5.74) is 1.35. The lowest BCUT2D eigenvalue weighted by Gasteiger charge is -1.99. The maximum absolute atomic E-state index is 3.46. The van der Waals surface area contributed by atoms with E-state index in [1.807, 2.05) is 0 Å². The van der Waals surface area contributed by atoms with E-state index >= 15 is 0 Å². The van der Waals surface area contributed by atoms with Crippen molar-refractivity contribution in [3.63, 3.8) is 0 Å². The predicted molar refractivity (Wildman–Crippen MR) is 72.6 cm³/mol. The van der Waals surface area contributed by atoms with E-state index in [9.17, 15) is 0 Å². The lowest BCUT2D eigenvalue weighted by molar-refractivity contribution is -0.697. The van der Waals surface area contributed by atoms with Gasteiger partial charge >= 0.3 is 0 Å². The molecule has 0 aliphatic heterocycles. The number of rotatable bonds is 8. The van der Waals surface area contributed by atoms with E-state index in [1.165, 1.54) is 44.1 Å². The zero-order chi connectivity index (χ0) is 11.6. The van der Waals surface area contributed by atoms with Crippen LogP contribution in [-0.4, -0.2) is 0 Å². The number of unbranched alkanes of at least 4 members (excludes halogenated alkanes) is 5. The molecule has 0 aromatic carbocycles. The molecule has 0 aliphatic rings. The number of hydrogen-bond donors (Lipinski definition) is 0. The third-order valence-corrected chi connectivity index (χ3v) is 3.53. The lowest BCUT2D eigenvalue weighted by Crippen LogP contribution is -2.32. The van der Waals surface area contributed by atoms with Gasteiger partial charge in [0.15, 0.2) is 12.4 Å². The van der Waals surface area contributed by atoms with Crippen LogP contribution in [0.2, 0.25) is 0 Å². The average Bonchev–Trinajstić information content (AvgIpc) is 2.34. The monoisotopic (exact) mass is 284 g/mol. The molecule has 1 rings (SSSR count). The van der Waals surface area contributed by atoms with Gasteiger partial charge in [-0.15, -0.1) is 0 Å². The Hall–Kier alpha value is -0.370. The van der Waals surface area contributed by atoms with E-state index in [1.54, 1.807) is 0 Å². The van der Waals surface area contributed by atoms with Crippen LogP contribution >= 0.6 is 15.9 Å². The summed E-state index contributed by atoms with van der Waals surface area (Å²) in [5, 5.41) is 0.949. The highest BCUT2D eigenvalue weighted by Crippen LogP contribution is 2.05. The summed E-state index contributed by atoms with van der Waals surface area (Å²) in [5.74, 6) is 0. The summed E-state index contributed by atoms with van der Waals surface area (Å²) in [6.07, 6.45) is 12.6. The molecular weight excluding hydrogens is 262 g/mol. The van der Waals surface area contributed by atoms with Crippen LogP contribution in [0.4, 0.5) is 0 Å². The van der Waals surface area contributed by atoms with Gasteiger partial charge in [-0.1, -0.05) is 48.5 Å². The topological polar surface area (TPSA) is 3.88 Å². The van der Waals surface area contributed by atoms with Gasteiger partial charge in [-0.05, 0) is 12.0 Å². The molecular formula is C14H23BrN+. The van der Waals surface area contributed by atoms with Crippen LogP contribution in [0.15, 0.2) is 24.5 Å². The minimum absolute atomic E-state index is 0.949. The summed E-state index contributed by atoms with van der Waals surface area (Å²) in [7, 11) is 0. The average molecular weight is 285 g/mol. The molecule has 0 aliphatic carbocycles. The first-order chi connectivity index (χ1) is 7.86. The van der Waals surface area contributed by atoms with Crippen LogP contribution in [0.3, 0.4) is 0 Å². The van der Waals surface area contributed by atoms with Crippen molar-refractivity contribution in [2.45, 2.75) is 57.3 Å². The summed E-state index contributed by atoms with van der Waals surface area (Å²) in [4.78, 5) is 0. The second kappa shape index (κ2) is 8.74. The molecule has 0 saturated carbocycles. The van der Waals surface area contributed by atoms with Crippen LogP contribution in [-0.2, 0) is 11.9 Å². The van der Waals surface area contributed by atoms with Crippen LogP contribution < -0.4 is 4.57 Å². The third-order valence-electron chi connectivity index (χ3n) is 2.88. The number of aryl methyl sites for hydroxylation is 1. The molecule has 0 atom stereocenters. The maximum atomic E-state index is 3.46. The van der Waals surface area contributed by atoms with Crippen molar-refractivity contribution in [3.8, 4) is 0 Å². The Balaban J connectivity index is 2.12. The van der Waals surface area contributed by atoms with Crippen molar-refractivity contribution in [1.29, 1.82) is 0 Å². The quantitative estimate of drug-likeness (QED) is 0.382. The van der Waals surface area contributed by atoms with Gasteiger partial charge in [0.2, 0.25) is 0 Å². The van der Waals surface area contributed by atoms with Crippen molar-refractivity contribution in [3.05, 3.63) is 30.1 Å². The number of halogens is 1. The van der Waals surface area contributed by atoms with E-state index in [0.29, 0.717) is 0 Å². The van der Waals surface area contributed by atoms with Gasteiger partial charge in [0.25, 0.3) is 0 Å². The van der Waals surface area contributed by atoms with Crippen molar-refractivity contribution in [2.24, 2.45) is 0 Å². The molecule has 90 valence electrons. The first-order valence-corrected chi connectivity index (χ1v) is 7.53. The van der Waals surface area contributed by atoms with E-state index in [4.69, 9.17) is 0 Å². The fourth-order valence-corrected chi connectivity index (χ4v) is 2.17. The van der Waals surface area contributed by atoms with E-state index in [-0.39, 0.29) is 0 Å². The molecule has 0 unspecified atom stereocenters. The normalized spacial score (nSPS) is 10.6. The van der Waals surface area contributed by atoms with E-state index < -0.39 is 0 Å². The molecule has 1 aromatic rings. The van der Waals surface area contributed by atoms with Crippen molar-refractivity contribution >= 4 is 15.9 Å². The van der Waals surface area contributed by atoms with Gasteiger partial charge in [0.1, 0.15) is 6.54 Å². The zero-order valence-corrected chi connectivity index (χ0v) is 11.9. The molecule has 1 nitrogen and oxygen atoms in total. The summed E-state index contributed by atoms with van der Waals surface area (Å²) >= 11 is 3.46. The Morgan fingerprint density at radius 1 is 1.00 bits per heavy atom. The number of alkyl halides is 1. The van der Waals surface area contributed by atoms with Crippen LogP contribution in [0.1, 0.15) is 51.0 Å². The van der Waals surface area contributed by atoms with Crippen LogP contribution in [0.25, 0.3) is 0 Å². The van der Waals surface area contributed by atoms with Gasteiger partial charge in [-0.3, -0.25) is 0 Å². The Labute approximate surface area is 108 Å². The van der Waals surface area contributed by atoms with Gasteiger partial charge < -0.3 is 0 Å². The molecule has 0 bridgehead atoms. The van der Waals surface area contributed by atoms with Crippen LogP contribution in [0.5, 0.6) is 0 Å². The molecule has 16 heavy (non-hydrogen) atoms. The number of hydrogen-bond acceptors (Lipinski definition) is 0. The molecule has 2 heteroatoms. The minimum Gasteiger partial charge on any atom is -0.205 e. The summed E-state index contributed by atoms with van der Waals surface area (Å²) < 4.78 is 2.28. The van der Waals surface area contributed by atoms with E-state index in [2.05, 4.69) is 51.9 Å². The number of nitrogens with zero attached hydrogens (tertiary/aromatic N) is 1. The highest BCUT2D eigenvalue weighted by atomic mass is 79.9. The van der Waals surface area contributed by atoms with Gasteiger partial charge in [0.05, 0.1) is 0 Å². The molecule has 1 heterocycles. The fraction of sp³-hybridized carbons (Fsp3) is 0.643. The Kier molecular flexibility index (Phi) is 7.48. The second-order valence-electron chi connectivity index (χ2n) is 4.35. The predicted octanol–water partition coefficient (Wildman–Crippen LogP) is 4.23. The SMILES string of the molecule is CCCCCCCC[n+]1ccc(CBr)cc1. The lowest BCUT2D eigenvalue weighted by atomic mass is 10.1. The first-order valence-electron chi connectivity index (χ1n) is 6.40. The minimum atomic E-state index is 0.949. The molecule has 1 aromatic heterocycles. The highest BCUT2D eigenvalue weighted by molar-refractivity contribution is 9.08. The fourth-order valence-electron chi connectivity index (χ4n) is 1.80. The smallest absolute Gasteiger partial charge is 0.169 e. The summed E-state index contributed by atoms with van der Waals surface area (Å²) in [6, 6.07) is 4.37. The molecule has 0 N–H and O–H groups in total. The Morgan fingerprint density at radius 3 is 2.25 bits per heavy atom. The summed E-state index contributed by atoms with van der Waals surface area (Å²) in [6.45, 7) is 3.43. The largest absolute Gasteiger partial charge is 0.205 e. The third kappa shape index (κ3) is 5.64. The molecule has 0 saturated heterocycles. The van der Waals surface area contributed by atoms with Crippen molar-refractivity contribution in [2.75, 3.05) is 0 Å². The standard InChI is InChI=1S/C14H23BrN/c1-2-3-4-5-6-7-10-16-11-8-14(13-15)9-12-16/h8-9,11-12H,2-7,10,13H2,1H3/q+1. The molecule has 0 radical (unpaired) electrons. The molecule has 0 amide bonds. The zero-order valence-electron chi connectivity index (χ0n) is 10.3. The molecule has 0 fully saturated rings. The van der Waals surface area contributed by atoms with Crippen LogP contribution in [0, 0.1) is 0 Å². The molecule has 0 spiro atoms. The second-order valence-corrected chi connectivity index (χ2v) is 4.91. The highest BCUT2D eigenvalue weighted by Gasteiger charge is 1.99. The Morgan fingerprint density at radius 2 is 1.62 bits per heavy atom. The first kappa shape index (κ1) is 13.7. The van der Waals surface area contributed by atoms with Gasteiger partial charge in [0, 0.05) is 23.9 Å². The number of aromatic nitrogens is 1. The maximum Gasteiger partial charge on any atom is 0.169 e.